The van der Waals surface area contributed by atoms with Crippen molar-refractivity contribution in [1.82, 2.24) is 4.98 Å². The molecule has 1 aliphatic heterocycles. The molecule has 3 aromatic rings. The molecule has 0 saturated heterocycles. The molecule has 0 spiro atoms. The zero-order chi connectivity index (χ0) is 22.6. The Bertz CT molecular complexity index is 1300. The molecular formula is C22H23N3O4S2. The van der Waals surface area contributed by atoms with E-state index in [-0.39, 0.29) is 21.7 Å². The smallest absolute Gasteiger partial charge is 0.267 e. The number of fused-ring (bicyclic) bond motifs is 1. The number of amides is 1. The van der Waals surface area contributed by atoms with Crippen LogP contribution in [0.25, 0.3) is 11.3 Å². The standard InChI is InChI=1S/C22H23N3O4S2/c1-13-6-9-18(29-5)19(10-13)31(27,28)24-21-23-16(12-30-21)14-7-8-17-15(11-14)22(2,3)20(26)25(17)4/h6-12H,1-5H3,(H,23,24). The summed E-state index contributed by atoms with van der Waals surface area (Å²) >= 11 is 1.20. The molecule has 2 aromatic carbocycles. The van der Waals surface area contributed by atoms with Crippen molar-refractivity contribution in [2.45, 2.75) is 31.1 Å². The van der Waals surface area contributed by atoms with E-state index in [1.54, 1.807) is 35.5 Å². The molecule has 9 heteroatoms. The van der Waals surface area contributed by atoms with Gasteiger partial charge in [0.25, 0.3) is 10.0 Å². The molecule has 0 aliphatic carbocycles. The normalized spacial score (nSPS) is 15.1. The number of likely N-dealkylation sites (N-methyl/N-ethyl adjacent to an activating group) is 1. The Morgan fingerprint density at radius 2 is 1.90 bits per heavy atom. The van der Waals surface area contributed by atoms with Crippen molar-refractivity contribution >= 4 is 38.1 Å². The van der Waals surface area contributed by atoms with Crippen molar-refractivity contribution in [2.24, 2.45) is 0 Å². The van der Waals surface area contributed by atoms with E-state index >= 15 is 0 Å². The third-order valence-electron chi connectivity index (χ3n) is 5.50. The summed E-state index contributed by atoms with van der Waals surface area (Å²) in [6.07, 6.45) is 0. The number of methoxy groups -OCH3 is 1. The Morgan fingerprint density at radius 1 is 1.16 bits per heavy atom. The largest absolute Gasteiger partial charge is 0.495 e. The van der Waals surface area contributed by atoms with E-state index < -0.39 is 15.4 Å². The van der Waals surface area contributed by atoms with Gasteiger partial charge in [-0.05, 0) is 56.2 Å². The minimum atomic E-state index is -3.87. The van der Waals surface area contributed by atoms with Gasteiger partial charge in [0.05, 0.1) is 18.2 Å². The van der Waals surface area contributed by atoms with Gasteiger partial charge in [0.2, 0.25) is 5.91 Å². The Morgan fingerprint density at radius 3 is 2.61 bits per heavy atom. The number of carbonyl (C=O) groups excluding carboxylic acids is 1. The summed E-state index contributed by atoms with van der Waals surface area (Å²) in [5.74, 6) is 0.308. The second kappa shape index (κ2) is 7.35. The fraction of sp³-hybridized carbons (Fsp3) is 0.273. The van der Waals surface area contributed by atoms with E-state index in [1.165, 1.54) is 18.4 Å². The Kier molecular flexibility index (Phi) is 5.06. The van der Waals surface area contributed by atoms with E-state index in [9.17, 15) is 13.2 Å². The van der Waals surface area contributed by atoms with Crippen LogP contribution < -0.4 is 14.4 Å². The van der Waals surface area contributed by atoms with E-state index in [2.05, 4.69) is 9.71 Å². The topological polar surface area (TPSA) is 88.6 Å². The predicted octanol–water partition coefficient (Wildman–Crippen LogP) is 4.18. The highest BCUT2D eigenvalue weighted by Gasteiger charge is 2.42. The lowest BCUT2D eigenvalue weighted by molar-refractivity contribution is -0.121. The van der Waals surface area contributed by atoms with Gasteiger partial charge >= 0.3 is 0 Å². The summed E-state index contributed by atoms with van der Waals surface area (Å²) in [5, 5.41) is 2.05. The second-order valence-corrected chi connectivity index (χ2v) is 10.5. The molecule has 1 amide bonds. The quantitative estimate of drug-likeness (QED) is 0.621. The van der Waals surface area contributed by atoms with Gasteiger partial charge in [0.1, 0.15) is 10.6 Å². The monoisotopic (exact) mass is 457 g/mol. The number of carbonyl (C=O) groups is 1. The first-order chi connectivity index (χ1) is 14.5. The van der Waals surface area contributed by atoms with Gasteiger partial charge in [-0.2, -0.15) is 0 Å². The highest BCUT2D eigenvalue weighted by Crippen LogP contribution is 2.42. The third kappa shape index (κ3) is 3.57. The number of sulfonamides is 1. The lowest BCUT2D eigenvalue weighted by Gasteiger charge is -2.16. The number of hydrogen-bond donors (Lipinski definition) is 1. The molecular weight excluding hydrogens is 434 g/mol. The maximum absolute atomic E-state index is 12.9. The molecule has 0 atom stereocenters. The van der Waals surface area contributed by atoms with Gasteiger partial charge in [0.15, 0.2) is 5.13 Å². The number of thiazole rings is 1. The highest BCUT2D eigenvalue weighted by molar-refractivity contribution is 7.93. The van der Waals surface area contributed by atoms with Crippen LogP contribution in [0.5, 0.6) is 5.75 Å². The van der Waals surface area contributed by atoms with Crippen LogP contribution in [0.1, 0.15) is 25.0 Å². The van der Waals surface area contributed by atoms with Crippen LogP contribution in [0.2, 0.25) is 0 Å². The van der Waals surface area contributed by atoms with Crippen LogP contribution in [0.3, 0.4) is 0 Å². The molecule has 0 fully saturated rings. The summed E-state index contributed by atoms with van der Waals surface area (Å²) in [7, 11) is -0.667. The molecule has 1 N–H and O–H groups in total. The number of aromatic nitrogens is 1. The molecule has 162 valence electrons. The molecule has 31 heavy (non-hydrogen) atoms. The number of nitrogens with one attached hydrogen (secondary N) is 1. The average molecular weight is 458 g/mol. The van der Waals surface area contributed by atoms with Crippen LogP contribution in [-0.2, 0) is 20.2 Å². The van der Waals surface area contributed by atoms with Crippen LogP contribution in [0.4, 0.5) is 10.8 Å². The minimum absolute atomic E-state index is 0.0403. The lowest BCUT2D eigenvalue weighted by atomic mass is 9.85. The van der Waals surface area contributed by atoms with Crippen molar-refractivity contribution in [3.63, 3.8) is 0 Å². The molecule has 0 saturated carbocycles. The van der Waals surface area contributed by atoms with Gasteiger partial charge in [0, 0.05) is 23.7 Å². The van der Waals surface area contributed by atoms with E-state index in [4.69, 9.17) is 4.74 Å². The van der Waals surface area contributed by atoms with Crippen LogP contribution in [0, 0.1) is 6.92 Å². The van der Waals surface area contributed by atoms with Gasteiger partial charge in [-0.3, -0.25) is 9.52 Å². The zero-order valence-corrected chi connectivity index (χ0v) is 19.5. The maximum atomic E-state index is 12.9. The number of rotatable bonds is 5. The van der Waals surface area contributed by atoms with Gasteiger partial charge in [-0.25, -0.2) is 13.4 Å². The Labute approximate surface area is 185 Å². The van der Waals surface area contributed by atoms with E-state index in [1.807, 2.05) is 39.0 Å². The maximum Gasteiger partial charge on any atom is 0.267 e. The van der Waals surface area contributed by atoms with E-state index in [0.29, 0.717) is 5.69 Å². The fourth-order valence-electron chi connectivity index (χ4n) is 3.75. The van der Waals surface area contributed by atoms with Crippen molar-refractivity contribution in [3.8, 4) is 17.0 Å². The first kappa shape index (κ1) is 21.3. The van der Waals surface area contributed by atoms with Crippen molar-refractivity contribution in [3.05, 3.63) is 52.9 Å². The highest BCUT2D eigenvalue weighted by atomic mass is 32.2. The Balaban J connectivity index is 1.65. The molecule has 0 bridgehead atoms. The minimum Gasteiger partial charge on any atom is -0.495 e. The van der Waals surface area contributed by atoms with Crippen LogP contribution in [0.15, 0.2) is 46.7 Å². The number of nitrogens with zero attached hydrogens (tertiary/aromatic N) is 2. The molecule has 0 unspecified atom stereocenters. The number of hydrogen-bond acceptors (Lipinski definition) is 6. The SMILES string of the molecule is COc1ccc(C)cc1S(=O)(=O)Nc1nc(-c2ccc3c(c2)C(C)(C)C(=O)N3C)cs1. The lowest BCUT2D eigenvalue weighted by Crippen LogP contribution is -2.33. The zero-order valence-electron chi connectivity index (χ0n) is 17.9. The van der Waals surface area contributed by atoms with E-state index in [0.717, 1.165) is 22.4 Å². The average Bonchev–Trinajstić information content (AvgIpc) is 3.25. The summed E-state index contributed by atoms with van der Waals surface area (Å²) in [6.45, 7) is 5.62. The van der Waals surface area contributed by atoms with Crippen molar-refractivity contribution in [2.75, 3.05) is 23.8 Å². The first-order valence-corrected chi connectivity index (χ1v) is 12.0. The summed E-state index contributed by atoms with van der Waals surface area (Å²) in [5.41, 5.74) is 3.45. The third-order valence-corrected chi connectivity index (χ3v) is 7.75. The van der Waals surface area contributed by atoms with Crippen molar-refractivity contribution in [1.29, 1.82) is 0 Å². The van der Waals surface area contributed by atoms with Gasteiger partial charge in [-0.15, -0.1) is 11.3 Å². The molecule has 7 nitrogen and oxygen atoms in total. The number of benzene rings is 2. The molecule has 4 rings (SSSR count). The van der Waals surface area contributed by atoms with Crippen molar-refractivity contribution < 1.29 is 17.9 Å². The second-order valence-electron chi connectivity index (χ2n) is 8.02. The van der Waals surface area contributed by atoms with Crippen LogP contribution in [-0.4, -0.2) is 33.5 Å². The summed E-state index contributed by atoms with van der Waals surface area (Å²) < 4.78 is 33.6. The number of aryl methyl sites for hydroxylation is 1. The predicted molar refractivity (Wildman–Crippen MR) is 123 cm³/mol. The summed E-state index contributed by atoms with van der Waals surface area (Å²) in [6, 6.07) is 10.7. The van der Waals surface area contributed by atoms with Crippen LogP contribution >= 0.6 is 11.3 Å². The molecule has 2 heterocycles. The molecule has 1 aromatic heterocycles. The molecule has 0 radical (unpaired) electrons. The van der Waals surface area contributed by atoms with Gasteiger partial charge in [-0.1, -0.05) is 12.1 Å². The molecule has 1 aliphatic rings. The number of ether oxygens (including phenoxy) is 1. The number of anilines is 2. The van der Waals surface area contributed by atoms with Gasteiger partial charge < -0.3 is 9.64 Å². The fourth-order valence-corrected chi connectivity index (χ4v) is 5.98. The summed E-state index contributed by atoms with van der Waals surface area (Å²) in [4.78, 5) is 18.7. The first-order valence-electron chi connectivity index (χ1n) is 9.60. The Hall–Kier alpha value is -2.91.